The van der Waals surface area contributed by atoms with Gasteiger partial charge in [-0.25, -0.2) is 4.79 Å². The molecule has 0 atom stereocenters. The van der Waals surface area contributed by atoms with Gasteiger partial charge in [-0.05, 0) is 24.6 Å². The van der Waals surface area contributed by atoms with Crippen LogP contribution in [0.4, 0.5) is 10.5 Å². The molecule has 2 N–H and O–H groups in total. The number of amides is 2. The Morgan fingerprint density at radius 1 is 1.45 bits per heavy atom. The molecule has 1 aromatic carbocycles. The number of hydrogen-bond donors (Lipinski definition) is 2. The zero-order valence-electron chi connectivity index (χ0n) is 11.2. The highest BCUT2D eigenvalue weighted by molar-refractivity contribution is 6.31. The summed E-state index contributed by atoms with van der Waals surface area (Å²) in [5.41, 5.74) is 2.32. The number of ether oxygens (including phenoxy) is 1. The summed E-state index contributed by atoms with van der Waals surface area (Å²) in [6.07, 6.45) is 3.13. The van der Waals surface area contributed by atoms with Crippen molar-refractivity contribution in [2.75, 3.05) is 12.4 Å². The lowest BCUT2D eigenvalue weighted by Crippen LogP contribution is -2.28. The molecule has 5 nitrogen and oxygen atoms in total. The fourth-order valence-electron chi connectivity index (χ4n) is 1.67. The molecule has 1 heterocycles. The molecule has 0 spiro atoms. The van der Waals surface area contributed by atoms with E-state index in [0.29, 0.717) is 23.0 Å². The molecule has 6 heteroatoms. The molecule has 0 saturated carbocycles. The Bertz CT molecular complexity index is 597. The van der Waals surface area contributed by atoms with E-state index in [-0.39, 0.29) is 6.03 Å². The molecule has 0 aliphatic rings. The van der Waals surface area contributed by atoms with Crippen molar-refractivity contribution in [3.8, 4) is 5.75 Å². The summed E-state index contributed by atoms with van der Waals surface area (Å²) in [6, 6.07) is 4.89. The number of hydrogen-bond acceptors (Lipinski definition) is 3. The van der Waals surface area contributed by atoms with E-state index in [2.05, 4.69) is 10.6 Å². The molecule has 0 radical (unpaired) electrons. The number of urea groups is 1. The SMILES string of the molecule is COc1cc(Cl)c(C)cc1NC(=O)NCc1ccoc1. The molecule has 0 bridgehead atoms. The van der Waals surface area contributed by atoms with Crippen molar-refractivity contribution in [1.82, 2.24) is 5.32 Å². The molecular weight excluding hydrogens is 280 g/mol. The lowest BCUT2D eigenvalue weighted by molar-refractivity contribution is 0.251. The first-order valence-corrected chi connectivity index (χ1v) is 6.38. The number of aryl methyl sites for hydroxylation is 1. The molecule has 0 aliphatic carbocycles. The third-order valence-electron chi connectivity index (χ3n) is 2.76. The molecule has 0 fully saturated rings. The van der Waals surface area contributed by atoms with Crippen molar-refractivity contribution in [2.45, 2.75) is 13.5 Å². The Morgan fingerprint density at radius 2 is 2.25 bits per heavy atom. The van der Waals surface area contributed by atoms with Gasteiger partial charge in [0.15, 0.2) is 0 Å². The highest BCUT2D eigenvalue weighted by Crippen LogP contribution is 2.30. The summed E-state index contributed by atoms with van der Waals surface area (Å²) in [7, 11) is 1.52. The first kappa shape index (κ1) is 14.3. The lowest BCUT2D eigenvalue weighted by atomic mass is 10.2. The topological polar surface area (TPSA) is 63.5 Å². The fraction of sp³-hybridized carbons (Fsp3) is 0.214. The zero-order chi connectivity index (χ0) is 14.5. The van der Waals surface area contributed by atoms with Gasteiger partial charge in [0.25, 0.3) is 0 Å². The van der Waals surface area contributed by atoms with Crippen LogP contribution in [-0.2, 0) is 6.54 Å². The van der Waals surface area contributed by atoms with Gasteiger partial charge in [0.05, 0.1) is 25.3 Å². The number of methoxy groups -OCH3 is 1. The first-order valence-electron chi connectivity index (χ1n) is 6.00. The highest BCUT2D eigenvalue weighted by Gasteiger charge is 2.10. The maximum atomic E-state index is 11.8. The molecular formula is C14H15ClN2O3. The molecule has 2 amide bonds. The molecule has 106 valence electrons. The Balaban J connectivity index is 2.01. The van der Waals surface area contributed by atoms with Crippen LogP contribution in [0.15, 0.2) is 35.1 Å². The van der Waals surface area contributed by atoms with E-state index < -0.39 is 0 Å². The Morgan fingerprint density at radius 3 is 2.90 bits per heavy atom. The van der Waals surface area contributed by atoms with Gasteiger partial charge in [-0.2, -0.15) is 0 Å². The summed E-state index contributed by atoms with van der Waals surface area (Å²) in [6.45, 7) is 2.24. The van der Waals surface area contributed by atoms with Crippen LogP contribution in [0.5, 0.6) is 5.75 Å². The summed E-state index contributed by atoms with van der Waals surface area (Å²) < 4.78 is 10.1. The summed E-state index contributed by atoms with van der Waals surface area (Å²) in [5.74, 6) is 0.513. The van der Waals surface area contributed by atoms with Crippen LogP contribution < -0.4 is 15.4 Å². The standard InChI is InChI=1S/C14H15ClN2O3/c1-9-5-12(13(19-2)6-11(9)15)17-14(18)16-7-10-3-4-20-8-10/h3-6,8H,7H2,1-2H3,(H2,16,17,18). The minimum atomic E-state index is -0.328. The number of halogens is 1. The number of rotatable bonds is 4. The van der Waals surface area contributed by atoms with Crippen LogP contribution in [0.25, 0.3) is 0 Å². The van der Waals surface area contributed by atoms with E-state index in [1.54, 1.807) is 30.7 Å². The van der Waals surface area contributed by atoms with E-state index in [0.717, 1.165) is 11.1 Å². The van der Waals surface area contributed by atoms with Gasteiger partial charge >= 0.3 is 6.03 Å². The molecule has 20 heavy (non-hydrogen) atoms. The number of carbonyl (C=O) groups excluding carboxylic acids is 1. The van der Waals surface area contributed by atoms with Crippen molar-refractivity contribution < 1.29 is 13.9 Å². The Kier molecular flexibility index (Phi) is 4.53. The second-order valence-electron chi connectivity index (χ2n) is 4.24. The third-order valence-corrected chi connectivity index (χ3v) is 3.17. The van der Waals surface area contributed by atoms with Gasteiger partial charge in [0.2, 0.25) is 0 Å². The first-order chi connectivity index (χ1) is 9.60. The van der Waals surface area contributed by atoms with E-state index in [4.69, 9.17) is 20.8 Å². The number of anilines is 1. The van der Waals surface area contributed by atoms with Crippen LogP contribution in [0.3, 0.4) is 0 Å². The lowest BCUT2D eigenvalue weighted by Gasteiger charge is -2.12. The maximum Gasteiger partial charge on any atom is 0.319 e. The number of furan rings is 1. The molecule has 1 aromatic heterocycles. The van der Waals surface area contributed by atoms with Gasteiger partial charge in [0, 0.05) is 23.2 Å². The van der Waals surface area contributed by atoms with Crippen LogP contribution in [0.2, 0.25) is 5.02 Å². The van der Waals surface area contributed by atoms with Gasteiger partial charge < -0.3 is 19.8 Å². The average Bonchev–Trinajstić information content (AvgIpc) is 2.93. The predicted octanol–water partition coefficient (Wildman–Crippen LogP) is 3.57. The quantitative estimate of drug-likeness (QED) is 0.906. The zero-order valence-corrected chi connectivity index (χ0v) is 12.0. The number of benzene rings is 1. The largest absolute Gasteiger partial charge is 0.495 e. The number of carbonyl (C=O) groups is 1. The molecule has 0 aliphatic heterocycles. The smallest absolute Gasteiger partial charge is 0.319 e. The van der Waals surface area contributed by atoms with Crippen molar-refractivity contribution in [1.29, 1.82) is 0 Å². The van der Waals surface area contributed by atoms with E-state index in [1.807, 2.05) is 6.92 Å². The van der Waals surface area contributed by atoms with Crippen molar-refractivity contribution in [3.63, 3.8) is 0 Å². The van der Waals surface area contributed by atoms with Gasteiger partial charge in [-0.3, -0.25) is 0 Å². The van der Waals surface area contributed by atoms with Crippen LogP contribution >= 0.6 is 11.6 Å². The van der Waals surface area contributed by atoms with Gasteiger partial charge in [0.1, 0.15) is 5.75 Å². The Labute approximate surface area is 121 Å². The molecule has 2 aromatic rings. The Hall–Kier alpha value is -2.14. The number of nitrogens with one attached hydrogen (secondary N) is 2. The van der Waals surface area contributed by atoms with Crippen molar-refractivity contribution in [2.24, 2.45) is 0 Å². The van der Waals surface area contributed by atoms with E-state index in [1.165, 1.54) is 7.11 Å². The van der Waals surface area contributed by atoms with Gasteiger partial charge in [-0.1, -0.05) is 11.6 Å². The fourth-order valence-corrected chi connectivity index (χ4v) is 1.83. The monoisotopic (exact) mass is 294 g/mol. The van der Waals surface area contributed by atoms with E-state index in [9.17, 15) is 4.79 Å². The van der Waals surface area contributed by atoms with Crippen LogP contribution in [0, 0.1) is 6.92 Å². The minimum absolute atomic E-state index is 0.328. The van der Waals surface area contributed by atoms with Crippen molar-refractivity contribution in [3.05, 3.63) is 46.9 Å². The highest BCUT2D eigenvalue weighted by atomic mass is 35.5. The summed E-state index contributed by atoms with van der Waals surface area (Å²) >= 11 is 6.01. The molecule has 0 unspecified atom stereocenters. The van der Waals surface area contributed by atoms with Crippen LogP contribution in [-0.4, -0.2) is 13.1 Å². The molecule has 0 saturated heterocycles. The second kappa shape index (κ2) is 6.34. The normalized spacial score (nSPS) is 10.2. The predicted molar refractivity (Wildman–Crippen MR) is 77.3 cm³/mol. The van der Waals surface area contributed by atoms with Crippen molar-refractivity contribution >= 4 is 23.3 Å². The third kappa shape index (κ3) is 3.45. The second-order valence-corrected chi connectivity index (χ2v) is 4.65. The molecule has 2 rings (SSSR count). The minimum Gasteiger partial charge on any atom is -0.495 e. The summed E-state index contributed by atoms with van der Waals surface area (Å²) in [4.78, 5) is 11.8. The van der Waals surface area contributed by atoms with E-state index >= 15 is 0 Å². The summed E-state index contributed by atoms with van der Waals surface area (Å²) in [5, 5.41) is 6.04. The van der Waals surface area contributed by atoms with Gasteiger partial charge in [-0.15, -0.1) is 0 Å². The van der Waals surface area contributed by atoms with Crippen LogP contribution in [0.1, 0.15) is 11.1 Å². The average molecular weight is 295 g/mol. The maximum absolute atomic E-state index is 11.8.